The number of aliphatic imine (C=N–C) groups is 1. The molecule has 1 amide bonds. The van der Waals surface area contributed by atoms with Gasteiger partial charge < -0.3 is 4.90 Å². The number of hydrogen-bond donors (Lipinski definition) is 1. The quantitative estimate of drug-likeness (QED) is 0.553. The third-order valence-electron chi connectivity index (χ3n) is 5.52. The highest BCUT2D eigenvalue weighted by atomic mass is 32.2. The van der Waals surface area contributed by atoms with Crippen LogP contribution in [0.2, 0.25) is 0 Å². The molecule has 2 aromatic carbocycles. The summed E-state index contributed by atoms with van der Waals surface area (Å²) in [5.41, 5.74) is 2.33. The third kappa shape index (κ3) is 4.98. The molecule has 1 atom stereocenters. The summed E-state index contributed by atoms with van der Waals surface area (Å²) in [5.74, 6) is 0.0670. The van der Waals surface area contributed by atoms with Crippen molar-refractivity contribution in [1.82, 2.24) is 19.4 Å². The van der Waals surface area contributed by atoms with Crippen LogP contribution >= 0.6 is 0 Å². The molecule has 1 unspecified atom stereocenters. The molecule has 9 heteroatoms. The van der Waals surface area contributed by atoms with Crippen molar-refractivity contribution < 1.29 is 13.2 Å². The smallest absolute Gasteiger partial charge is 0.263 e. The van der Waals surface area contributed by atoms with Crippen LogP contribution in [0.5, 0.6) is 0 Å². The number of nitrogens with one attached hydrogen (secondary N) is 1. The maximum Gasteiger partial charge on any atom is 0.263 e. The number of amides is 1. The Morgan fingerprint density at radius 3 is 2.64 bits per heavy atom. The van der Waals surface area contributed by atoms with Crippen molar-refractivity contribution in [2.24, 2.45) is 4.99 Å². The molecule has 1 aromatic heterocycles. The van der Waals surface area contributed by atoms with E-state index in [0.717, 1.165) is 24.1 Å². The van der Waals surface area contributed by atoms with Gasteiger partial charge in [0, 0.05) is 30.9 Å². The Morgan fingerprint density at radius 2 is 1.88 bits per heavy atom. The van der Waals surface area contributed by atoms with E-state index in [-0.39, 0.29) is 16.6 Å². The van der Waals surface area contributed by atoms with Crippen LogP contribution < -0.4 is 4.72 Å². The van der Waals surface area contributed by atoms with Crippen molar-refractivity contribution in [3.63, 3.8) is 0 Å². The largest absolute Gasteiger partial charge is 0.339 e. The number of hydrogen-bond acceptors (Lipinski definition) is 5. The number of unbranched alkanes of at least 4 members (excludes halogenated alkanes) is 1. The molecule has 3 aromatic rings. The van der Waals surface area contributed by atoms with Gasteiger partial charge in [-0.1, -0.05) is 50.1 Å². The lowest BCUT2D eigenvalue weighted by Crippen LogP contribution is -2.36. The lowest BCUT2D eigenvalue weighted by Gasteiger charge is -2.21. The Kier molecular flexibility index (Phi) is 6.60. The summed E-state index contributed by atoms with van der Waals surface area (Å²) < 4.78 is 29.1. The molecule has 2 heterocycles. The summed E-state index contributed by atoms with van der Waals surface area (Å²) in [7, 11) is -1.93. The fourth-order valence-corrected chi connectivity index (χ4v) is 5.04. The number of rotatable bonds is 8. The average molecular weight is 466 g/mol. The number of likely N-dealkylation sites (N-methyl/N-ethyl adjacent to an activating group) is 1. The van der Waals surface area contributed by atoms with E-state index >= 15 is 0 Å². The highest BCUT2D eigenvalue weighted by Gasteiger charge is 2.32. The number of para-hydroxylation sites is 1. The van der Waals surface area contributed by atoms with Crippen molar-refractivity contribution in [3.05, 3.63) is 78.1 Å². The Hall–Kier alpha value is -3.46. The lowest BCUT2D eigenvalue weighted by atomic mass is 10.1. The summed E-state index contributed by atoms with van der Waals surface area (Å²) in [6.45, 7) is 2.42. The van der Waals surface area contributed by atoms with Crippen LogP contribution in [0.1, 0.15) is 37.3 Å². The van der Waals surface area contributed by atoms with Crippen molar-refractivity contribution in [1.29, 1.82) is 0 Å². The fourth-order valence-electron chi connectivity index (χ4n) is 3.80. The molecule has 1 aliphatic rings. The normalized spacial score (nSPS) is 16.2. The predicted molar refractivity (Wildman–Crippen MR) is 127 cm³/mol. The van der Waals surface area contributed by atoms with E-state index in [1.54, 1.807) is 47.1 Å². The molecule has 0 radical (unpaired) electrons. The van der Waals surface area contributed by atoms with E-state index in [1.165, 1.54) is 0 Å². The highest BCUT2D eigenvalue weighted by Crippen LogP contribution is 2.23. The van der Waals surface area contributed by atoms with Gasteiger partial charge in [-0.25, -0.2) is 13.1 Å². The number of aromatic nitrogens is 2. The van der Waals surface area contributed by atoms with Crippen LogP contribution in [0.25, 0.3) is 5.69 Å². The average Bonchev–Trinajstić information content (AvgIpc) is 3.39. The molecule has 0 fully saturated rings. The zero-order chi connectivity index (χ0) is 23.4. The summed E-state index contributed by atoms with van der Waals surface area (Å²) in [5, 5.41) is 4.39. The molecule has 33 heavy (non-hydrogen) atoms. The number of sulfonamides is 1. The summed E-state index contributed by atoms with van der Waals surface area (Å²) in [6.07, 6.45) is 5.89. The number of carbonyl (C=O) groups is 1. The molecule has 1 N–H and O–H groups in total. The first kappa shape index (κ1) is 22.7. The van der Waals surface area contributed by atoms with Gasteiger partial charge >= 0.3 is 0 Å². The zero-order valence-corrected chi connectivity index (χ0v) is 19.5. The zero-order valence-electron chi connectivity index (χ0n) is 18.7. The van der Waals surface area contributed by atoms with Gasteiger partial charge in [-0.2, -0.15) is 5.10 Å². The van der Waals surface area contributed by atoms with Crippen LogP contribution in [0.15, 0.2) is 76.9 Å². The standard InChI is InChI=1S/C24H27N5O3S/c1-3-4-13-21(26-23-20-12-8-9-14-22(20)33(31,32)27-23)24(30)28(2)16-18-15-25-29(17-18)19-10-6-5-7-11-19/h5-12,14-15,17,21H,3-4,13,16H2,1-2H3,(H,26,27). The van der Waals surface area contributed by atoms with Crippen LogP contribution in [-0.2, 0) is 21.4 Å². The second-order valence-electron chi connectivity index (χ2n) is 8.06. The second-order valence-corrected chi connectivity index (χ2v) is 9.71. The van der Waals surface area contributed by atoms with Crippen LogP contribution in [0.4, 0.5) is 0 Å². The highest BCUT2D eigenvalue weighted by molar-refractivity contribution is 7.90. The van der Waals surface area contributed by atoms with Crippen LogP contribution in [-0.4, -0.2) is 47.9 Å². The van der Waals surface area contributed by atoms with E-state index < -0.39 is 16.1 Å². The maximum atomic E-state index is 13.3. The van der Waals surface area contributed by atoms with E-state index in [1.807, 2.05) is 43.5 Å². The van der Waals surface area contributed by atoms with Gasteiger partial charge in [-0.3, -0.25) is 14.5 Å². The Morgan fingerprint density at radius 1 is 1.15 bits per heavy atom. The number of amidine groups is 1. The number of carbonyl (C=O) groups excluding carboxylic acids is 1. The molecular formula is C24H27N5O3S. The molecule has 1 aliphatic heterocycles. The van der Waals surface area contributed by atoms with Crippen molar-refractivity contribution in [2.45, 2.75) is 43.7 Å². The van der Waals surface area contributed by atoms with Crippen LogP contribution in [0, 0.1) is 0 Å². The predicted octanol–water partition coefficient (Wildman–Crippen LogP) is 3.13. The van der Waals surface area contributed by atoms with Gasteiger partial charge in [-0.05, 0) is 30.7 Å². The number of benzene rings is 2. The Labute approximate surface area is 194 Å². The first-order valence-electron chi connectivity index (χ1n) is 10.9. The lowest BCUT2D eigenvalue weighted by molar-refractivity contribution is -0.131. The molecule has 0 saturated carbocycles. The molecule has 0 spiro atoms. The number of nitrogens with zero attached hydrogens (tertiary/aromatic N) is 4. The second kappa shape index (κ2) is 9.58. The van der Waals surface area contributed by atoms with Crippen molar-refractivity contribution in [2.75, 3.05) is 7.05 Å². The number of fused-ring (bicyclic) bond motifs is 1. The van der Waals surface area contributed by atoms with E-state index in [0.29, 0.717) is 18.5 Å². The van der Waals surface area contributed by atoms with E-state index in [9.17, 15) is 13.2 Å². The van der Waals surface area contributed by atoms with E-state index in [4.69, 9.17) is 0 Å². The molecule has 0 aliphatic carbocycles. The van der Waals surface area contributed by atoms with Crippen molar-refractivity contribution >= 4 is 21.8 Å². The first-order chi connectivity index (χ1) is 15.9. The molecule has 0 saturated heterocycles. The van der Waals surface area contributed by atoms with Gasteiger partial charge in [0.2, 0.25) is 5.91 Å². The van der Waals surface area contributed by atoms with Crippen molar-refractivity contribution in [3.8, 4) is 5.69 Å². The monoisotopic (exact) mass is 465 g/mol. The summed E-state index contributed by atoms with van der Waals surface area (Å²) in [6, 6.07) is 15.8. The summed E-state index contributed by atoms with van der Waals surface area (Å²) >= 11 is 0. The van der Waals surface area contributed by atoms with Crippen LogP contribution in [0.3, 0.4) is 0 Å². The third-order valence-corrected chi connectivity index (χ3v) is 6.91. The minimum Gasteiger partial charge on any atom is -0.339 e. The maximum absolute atomic E-state index is 13.3. The van der Waals surface area contributed by atoms with E-state index in [2.05, 4.69) is 14.8 Å². The van der Waals surface area contributed by atoms with Gasteiger partial charge in [0.05, 0.1) is 16.8 Å². The topological polar surface area (TPSA) is 96.7 Å². The van der Waals surface area contributed by atoms with Gasteiger partial charge in [-0.15, -0.1) is 0 Å². The molecule has 0 bridgehead atoms. The minimum atomic E-state index is -3.66. The fraction of sp³-hybridized carbons (Fsp3) is 0.292. The molecule has 4 rings (SSSR count). The SMILES string of the molecule is CCCCC(N=C1NS(=O)(=O)c2ccccc21)C(=O)N(C)Cc1cnn(-c2ccccc2)c1. The van der Waals surface area contributed by atoms with Gasteiger partial charge in [0.1, 0.15) is 11.9 Å². The molecule has 172 valence electrons. The Balaban J connectivity index is 1.54. The molecule has 8 nitrogen and oxygen atoms in total. The Bertz CT molecular complexity index is 1270. The van der Waals surface area contributed by atoms with Gasteiger partial charge in [0.15, 0.2) is 0 Å². The molecular weight excluding hydrogens is 438 g/mol. The first-order valence-corrected chi connectivity index (χ1v) is 12.4. The van der Waals surface area contributed by atoms with Gasteiger partial charge in [0.25, 0.3) is 10.0 Å². The summed E-state index contributed by atoms with van der Waals surface area (Å²) in [4.78, 5) is 19.7. The minimum absolute atomic E-state index is 0.160.